The highest BCUT2D eigenvalue weighted by Gasteiger charge is 2.15. The van der Waals surface area contributed by atoms with E-state index in [1.165, 1.54) is 12.1 Å². The lowest BCUT2D eigenvalue weighted by atomic mass is 10.1. The maximum atomic E-state index is 12.1. The zero-order valence-corrected chi connectivity index (χ0v) is 12.1. The molecule has 0 spiro atoms. The van der Waals surface area contributed by atoms with Gasteiger partial charge in [0.1, 0.15) is 5.15 Å². The number of halogens is 1. The van der Waals surface area contributed by atoms with E-state index in [1.54, 1.807) is 32.0 Å². The second kappa shape index (κ2) is 5.88. The lowest BCUT2D eigenvalue weighted by Crippen LogP contribution is -2.13. The Labute approximate surface area is 125 Å². The third-order valence-electron chi connectivity index (χ3n) is 2.97. The molecule has 0 unspecified atom stereocenters. The molecule has 0 fully saturated rings. The number of nitro groups is 1. The van der Waals surface area contributed by atoms with Gasteiger partial charge in [-0.05, 0) is 32.0 Å². The van der Waals surface area contributed by atoms with Crippen LogP contribution in [0.5, 0.6) is 0 Å². The van der Waals surface area contributed by atoms with Crippen molar-refractivity contribution >= 4 is 28.9 Å². The lowest BCUT2D eigenvalue weighted by Gasteiger charge is -2.08. The zero-order chi connectivity index (χ0) is 15.6. The van der Waals surface area contributed by atoms with E-state index in [-0.39, 0.29) is 11.3 Å². The highest BCUT2D eigenvalue weighted by molar-refractivity contribution is 6.29. The van der Waals surface area contributed by atoms with Crippen LogP contribution >= 0.6 is 11.6 Å². The number of nitrogens with zero attached hydrogens (tertiary/aromatic N) is 2. The predicted octanol–water partition coefficient (Wildman–Crippen LogP) is 3.51. The molecule has 0 saturated heterocycles. The second-order valence-electron chi connectivity index (χ2n) is 4.48. The lowest BCUT2D eigenvalue weighted by molar-refractivity contribution is -0.385. The minimum absolute atomic E-state index is 0.0893. The van der Waals surface area contributed by atoms with Crippen LogP contribution < -0.4 is 5.32 Å². The molecule has 2 aromatic rings. The number of aromatic nitrogens is 1. The molecule has 1 heterocycles. The Morgan fingerprint density at radius 1 is 1.29 bits per heavy atom. The van der Waals surface area contributed by atoms with Crippen molar-refractivity contribution < 1.29 is 9.72 Å². The van der Waals surface area contributed by atoms with Gasteiger partial charge in [-0.2, -0.15) is 0 Å². The zero-order valence-electron chi connectivity index (χ0n) is 11.4. The van der Waals surface area contributed by atoms with Crippen LogP contribution in [0.15, 0.2) is 30.3 Å². The monoisotopic (exact) mass is 305 g/mol. The van der Waals surface area contributed by atoms with Crippen LogP contribution in [0.25, 0.3) is 0 Å². The van der Waals surface area contributed by atoms with Gasteiger partial charge in [0.15, 0.2) is 0 Å². The van der Waals surface area contributed by atoms with Crippen LogP contribution in [0.1, 0.15) is 21.6 Å². The number of aryl methyl sites for hydroxylation is 2. The van der Waals surface area contributed by atoms with Gasteiger partial charge in [-0.1, -0.05) is 17.7 Å². The van der Waals surface area contributed by atoms with Crippen LogP contribution in [-0.2, 0) is 0 Å². The Hall–Kier alpha value is -2.47. The largest absolute Gasteiger partial charge is 0.320 e. The van der Waals surface area contributed by atoms with Crippen LogP contribution in [0.4, 0.5) is 11.4 Å². The van der Waals surface area contributed by atoms with Crippen molar-refractivity contribution in [3.63, 3.8) is 0 Å². The number of carbonyl (C=O) groups is 1. The molecule has 0 atom stereocenters. The molecule has 0 aliphatic rings. The van der Waals surface area contributed by atoms with Gasteiger partial charge in [0.05, 0.1) is 16.3 Å². The van der Waals surface area contributed by atoms with Crippen molar-refractivity contribution in [2.45, 2.75) is 13.8 Å². The van der Waals surface area contributed by atoms with E-state index < -0.39 is 10.8 Å². The molecule has 0 bridgehead atoms. The maximum Gasteiger partial charge on any atom is 0.273 e. The molecule has 0 saturated carbocycles. The number of hydrogen-bond acceptors (Lipinski definition) is 4. The molecule has 21 heavy (non-hydrogen) atoms. The number of nitro benzene ring substituents is 1. The van der Waals surface area contributed by atoms with Crippen LogP contribution in [0.3, 0.4) is 0 Å². The summed E-state index contributed by atoms with van der Waals surface area (Å²) in [6.45, 7) is 3.33. The van der Waals surface area contributed by atoms with E-state index in [1.807, 2.05) is 0 Å². The number of hydrogen-bond donors (Lipinski definition) is 1. The molecular weight excluding hydrogens is 294 g/mol. The van der Waals surface area contributed by atoms with E-state index in [0.717, 1.165) is 0 Å². The van der Waals surface area contributed by atoms with E-state index in [0.29, 0.717) is 22.1 Å². The molecule has 7 heteroatoms. The third kappa shape index (κ3) is 3.35. The molecule has 6 nitrogen and oxygen atoms in total. The molecule has 1 aromatic heterocycles. The van der Waals surface area contributed by atoms with Crippen molar-refractivity contribution in [3.05, 3.63) is 62.4 Å². The van der Waals surface area contributed by atoms with Crippen LogP contribution in [0.2, 0.25) is 5.15 Å². The molecular formula is C14H12ClN3O3. The first-order valence-corrected chi connectivity index (χ1v) is 6.46. The highest BCUT2D eigenvalue weighted by Crippen LogP contribution is 2.21. The minimum Gasteiger partial charge on any atom is -0.320 e. The number of anilines is 1. The summed E-state index contributed by atoms with van der Waals surface area (Å²) < 4.78 is 0. The van der Waals surface area contributed by atoms with Gasteiger partial charge in [-0.25, -0.2) is 4.98 Å². The number of carbonyl (C=O) groups excluding carboxylic acids is 1. The topological polar surface area (TPSA) is 85.1 Å². The van der Waals surface area contributed by atoms with E-state index >= 15 is 0 Å². The van der Waals surface area contributed by atoms with Crippen LogP contribution in [0, 0.1) is 24.0 Å². The van der Waals surface area contributed by atoms with Gasteiger partial charge in [0.2, 0.25) is 0 Å². The Morgan fingerprint density at radius 2 is 2.00 bits per heavy atom. The van der Waals surface area contributed by atoms with E-state index in [2.05, 4.69) is 10.3 Å². The smallest absolute Gasteiger partial charge is 0.273 e. The summed E-state index contributed by atoms with van der Waals surface area (Å²) in [6.07, 6.45) is 0. The van der Waals surface area contributed by atoms with Gasteiger partial charge in [-0.3, -0.25) is 14.9 Å². The van der Waals surface area contributed by atoms with Crippen molar-refractivity contribution in [2.75, 3.05) is 5.32 Å². The van der Waals surface area contributed by atoms with Crippen molar-refractivity contribution in [2.24, 2.45) is 0 Å². The number of nitrogens with one attached hydrogen (secondary N) is 1. The van der Waals surface area contributed by atoms with Gasteiger partial charge in [0, 0.05) is 17.2 Å². The summed E-state index contributed by atoms with van der Waals surface area (Å²) in [6, 6.07) is 7.52. The summed E-state index contributed by atoms with van der Waals surface area (Å²) in [4.78, 5) is 26.5. The molecule has 0 aliphatic carbocycles. The molecule has 1 aromatic carbocycles. The quantitative estimate of drug-likeness (QED) is 0.534. The molecule has 108 valence electrons. The first kappa shape index (κ1) is 14.9. The van der Waals surface area contributed by atoms with Crippen molar-refractivity contribution in [3.8, 4) is 0 Å². The van der Waals surface area contributed by atoms with Crippen molar-refractivity contribution in [1.29, 1.82) is 0 Å². The molecule has 2 rings (SSSR count). The van der Waals surface area contributed by atoms with Gasteiger partial charge in [-0.15, -0.1) is 0 Å². The third-order valence-corrected chi connectivity index (χ3v) is 3.18. The van der Waals surface area contributed by atoms with E-state index in [4.69, 9.17) is 11.6 Å². The highest BCUT2D eigenvalue weighted by atomic mass is 35.5. The number of benzene rings is 1. The Morgan fingerprint density at radius 3 is 2.62 bits per heavy atom. The first-order valence-electron chi connectivity index (χ1n) is 6.08. The predicted molar refractivity (Wildman–Crippen MR) is 79.8 cm³/mol. The molecule has 1 N–H and O–H groups in total. The average Bonchev–Trinajstić information content (AvgIpc) is 2.42. The average molecular weight is 306 g/mol. The fourth-order valence-electron chi connectivity index (χ4n) is 1.80. The normalized spacial score (nSPS) is 10.2. The van der Waals surface area contributed by atoms with Crippen LogP contribution in [-0.4, -0.2) is 15.8 Å². The summed E-state index contributed by atoms with van der Waals surface area (Å²) in [5.74, 6) is -0.440. The van der Waals surface area contributed by atoms with Gasteiger partial charge >= 0.3 is 0 Å². The van der Waals surface area contributed by atoms with Gasteiger partial charge in [0.25, 0.3) is 11.6 Å². The SMILES string of the molecule is Cc1ccc(C(=O)Nc2ccc(Cl)nc2C)cc1[N+](=O)[O-]. The Bertz CT molecular complexity index is 731. The summed E-state index contributed by atoms with van der Waals surface area (Å²) in [5, 5.41) is 13.9. The number of amides is 1. The summed E-state index contributed by atoms with van der Waals surface area (Å²) >= 11 is 5.74. The number of rotatable bonds is 3. The fraction of sp³-hybridized carbons (Fsp3) is 0.143. The fourth-order valence-corrected chi connectivity index (χ4v) is 1.99. The first-order chi connectivity index (χ1) is 9.88. The maximum absolute atomic E-state index is 12.1. The van der Waals surface area contributed by atoms with Gasteiger partial charge < -0.3 is 5.32 Å². The second-order valence-corrected chi connectivity index (χ2v) is 4.87. The standard InChI is InChI=1S/C14H12ClN3O3/c1-8-3-4-10(7-12(8)18(20)21)14(19)17-11-5-6-13(15)16-9(11)2/h3-7H,1-2H3,(H,17,19). The summed E-state index contributed by atoms with van der Waals surface area (Å²) in [5.41, 5.74) is 1.70. The van der Waals surface area contributed by atoms with Crippen molar-refractivity contribution in [1.82, 2.24) is 4.98 Å². The molecule has 0 aliphatic heterocycles. The Balaban J connectivity index is 2.28. The van der Waals surface area contributed by atoms with E-state index in [9.17, 15) is 14.9 Å². The Kier molecular flexibility index (Phi) is 4.18. The summed E-state index contributed by atoms with van der Waals surface area (Å²) in [7, 11) is 0. The molecule has 1 amide bonds. The minimum atomic E-state index is -0.513. The molecule has 0 radical (unpaired) electrons. The number of pyridine rings is 1.